The van der Waals surface area contributed by atoms with Crippen molar-refractivity contribution in [3.63, 3.8) is 0 Å². The van der Waals surface area contributed by atoms with Gasteiger partial charge in [-0.05, 0) is 38.5 Å². The molecule has 0 aliphatic carbocycles. The van der Waals surface area contributed by atoms with E-state index in [1.165, 1.54) is 4.31 Å². The van der Waals surface area contributed by atoms with Crippen LogP contribution in [0.2, 0.25) is 0 Å². The first kappa shape index (κ1) is 27.4. The summed E-state index contributed by atoms with van der Waals surface area (Å²) in [5, 5.41) is 10.9. The molecule has 2 N–H and O–H groups in total. The van der Waals surface area contributed by atoms with E-state index >= 15 is 0 Å². The third-order valence-electron chi connectivity index (χ3n) is 4.73. The lowest BCUT2D eigenvalue weighted by molar-refractivity contribution is 0.445. The van der Waals surface area contributed by atoms with Gasteiger partial charge < -0.3 is 10.6 Å². The van der Waals surface area contributed by atoms with Gasteiger partial charge in [-0.2, -0.15) is 5.10 Å². The quantitative estimate of drug-likeness (QED) is 0.264. The first-order valence-corrected chi connectivity index (χ1v) is 12.0. The molecule has 2 rings (SSSR count). The van der Waals surface area contributed by atoms with Crippen LogP contribution in [0.15, 0.2) is 35.3 Å². The van der Waals surface area contributed by atoms with E-state index in [1.54, 1.807) is 0 Å². The molecular weight excluding hydrogens is 527 g/mol. The molecule has 0 atom stereocenters. The van der Waals surface area contributed by atoms with Crippen LogP contribution in [0.1, 0.15) is 37.7 Å². The predicted octanol–water partition coefficient (Wildman–Crippen LogP) is 2.83. The zero-order valence-electron chi connectivity index (χ0n) is 19.1. The summed E-state index contributed by atoms with van der Waals surface area (Å²) in [5.74, 6) is 0.622. The fourth-order valence-corrected chi connectivity index (χ4v) is 4.68. The smallest absolute Gasteiger partial charge is 0.215 e. The van der Waals surface area contributed by atoms with E-state index in [2.05, 4.69) is 20.7 Å². The fourth-order valence-electron chi connectivity index (χ4n) is 3.27. The van der Waals surface area contributed by atoms with Gasteiger partial charge in [0.1, 0.15) is 0 Å². The van der Waals surface area contributed by atoms with Crippen molar-refractivity contribution in [3.8, 4) is 5.69 Å². The number of aryl methyl sites for hydroxylation is 2. The highest BCUT2D eigenvalue weighted by atomic mass is 127. The van der Waals surface area contributed by atoms with Gasteiger partial charge in [0.15, 0.2) is 5.96 Å². The third-order valence-corrected chi connectivity index (χ3v) is 6.76. The summed E-state index contributed by atoms with van der Waals surface area (Å²) in [7, 11) is -3.27. The van der Waals surface area contributed by atoms with Crippen molar-refractivity contribution in [2.75, 3.05) is 31.9 Å². The monoisotopic (exact) mass is 562 g/mol. The summed E-state index contributed by atoms with van der Waals surface area (Å²) in [6.45, 7) is 12.1. The molecule has 0 radical (unpaired) electrons. The van der Waals surface area contributed by atoms with Gasteiger partial charge >= 0.3 is 0 Å². The van der Waals surface area contributed by atoms with E-state index in [0.29, 0.717) is 38.7 Å². The minimum absolute atomic E-state index is 0. The van der Waals surface area contributed by atoms with Gasteiger partial charge in [0.25, 0.3) is 0 Å². The molecule has 1 heterocycles. The first-order valence-electron chi connectivity index (χ1n) is 10.4. The SMILES string of the molecule is CCNC(=NCc1ccccc1-n1nc(C)cc1C)NCCS(=O)(=O)N(CC)CC.I. The molecule has 0 unspecified atom stereocenters. The van der Waals surface area contributed by atoms with E-state index in [1.807, 2.05) is 69.6 Å². The van der Waals surface area contributed by atoms with Crippen LogP contribution in [-0.2, 0) is 16.6 Å². The number of aromatic nitrogens is 2. The van der Waals surface area contributed by atoms with Crippen LogP contribution >= 0.6 is 24.0 Å². The van der Waals surface area contributed by atoms with Crippen LogP contribution < -0.4 is 10.6 Å². The molecule has 10 heteroatoms. The molecule has 31 heavy (non-hydrogen) atoms. The van der Waals surface area contributed by atoms with Crippen molar-refractivity contribution in [2.45, 2.75) is 41.2 Å². The highest BCUT2D eigenvalue weighted by Gasteiger charge is 2.18. The molecule has 2 aromatic rings. The summed E-state index contributed by atoms with van der Waals surface area (Å²) in [6, 6.07) is 10.1. The zero-order chi connectivity index (χ0) is 22.1. The molecule has 0 fully saturated rings. The number of hydrogen-bond donors (Lipinski definition) is 2. The van der Waals surface area contributed by atoms with Crippen LogP contribution in [0.25, 0.3) is 5.69 Å². The average Bonchev–Trinajstić information content (AvgIpc) is 3.04. The Bertz CT molecular complexity index is 955. The molecule has 0 bridgehead atoms. The van der Waals surface area contributed by atoms with Crippen LogP contribution in [-0.4, -0.2) is 60.4 Å². The number of hydrogen-bond acceptors (Lipinski definition) is 4. The van der Waals surface area contributed by atoms with Gasteiger partial charge in [-0.1, -0.05) is 32.0 Å². The predicted molar refractivity (Wildman–Crippen MR) is 138 cm³/mol. The molecule has 0 saturated carbocycles. The topological polar surface area (TPSA) is 91.6 Å². The molecule has 1 aromatic heterocycles. The molecule has 1 aromatic carbocycles. The summed E-state index contributed by atoms with van der Waals surface area (Å²) in [5.41, 5.74) is 4.06. The number of rotatable bonds is 10. The summed E-state index contributed by atoms with van der Waals surface area (Å²) >= 11 is 0. The number of nitrogens with zero attached hydrogens (tertiary/aromatic N) is 4. The van der Waals surface area contributed by atoms with E-state index in [0.717, 1.165) is 22.6 Å². The Labute approximate surface area is 203 Å². The molecular formula is C21H35IN6O2S. The number of halogens is 1. The van der Waals surface area contributed by atoms with Crippen LogP contribution in [0.5, 0.6) is 0 Å². The standard InChI is InChI=1S/C21H34N6O2S.HI/c1-6-22-21(23-13-14-30(28,29)26(7-2)8-3)24-16-19-11-9-10-12-20(19)27-18(5)15-17(4)25-27;/h9-12,15H,6-8,13-14,16H2,1-5H3,(H2,22,23,24);1H. The summed E-state index contributed by atoms with van der Waals surface area (Å²) in [4.78, 5) is 4.66. The maximum atomic E-state index is 12.4. The molecule has 0 spiro atoms. The van der Waals surface area contributed by atoms with Crippen molar-refractivity contribution < 1.29 is 8.42 Å². The minimum atomic E-state index is -3.27. The number of guanidine groups is 1. The fraction of sp³-hybridized carbons (Fsp3) is 0.524. The number of benzene rings is 1. The van der Waals surface area contributed by atoms with Crippen molar-refractivity contribution in [1.82, 2.24) is 24.7 Å². The lowest BCUT2D eigenvalue weighted by Crippen LogP contribution is -2.42. The third kappa shape index (κ3) is 7.76. The van der Waals surface area contributed by atoms with Crippen molar-refractivity contribution in [2.24, 2.45) is 4.99 Å². The van der Waals surface area contributed by atoms with Gasteiger partial charge in [0, 0.05) is 31.9 Å². The Balaban J connectivity index is 0.00000480. The second-order valence-electron chi connectivity index (χ2n) is 6.99. The maximum absolute atomic E-state index is 12.4. The lowest BCUT2D eigenvalue weighted by atomic mass is 10.2. The highest BCUT2D eigenvalue weighted by molar-refractivity contribution is 14.0. The Morgan fingerprint density at radius 2 is 1.81 bits per heavy atom. The average molecular weight is 563 g/mol. The molecule has 0 amide bonds. The Hall–Kier alpha value is -1.66. The normalized spacial score (nSPS) is 12.0. The number of sulfonamides is 1. The Kier molecular flexibility index (Phi) is 11.5. The molecule has 174 valence electrons. The Morgan fingerprint density at radius 3 is 2.39 bits per heavy atom. The van der Waals surface area contributed by atoms with Gasteiger partial charge in [-0.15, -0.1) is 24.0 Å². The van der Waals surface area contributed by atoms with Crippen LogP contribution in [0.4, 0.5) is 0 Å². The zero-order valence-corrected chi connectivity index (χ0v) is 22.2. The van der Waals surface area contributed by atoms with Gasteiger partial charge in [-0.3, -0.25) is 0 Å². The lowest BCUT2D eigenvalue weighted by Gasteiger charge is -2.19. The molecule has 0 saturated heterocycles. The number of para-hydroxylation sites is 1. The van der Waals surface area contributed by atoms with Crippen molar-refractivity contribution in [1.29, 1.82) is 0 Å². The minimum Gasteiger partial charge on any atom is -0.357 e. The van der Waals surface area contributed by atoms with Crippen molar-refractivity contribution in [3.05, 3.63) is 47.3 Å². The first-order chi connectivity index (χ1) is 14.3. The van der Waals surface area contributed by atoms with E-state index in [4.69, 9.17) is 0 Å². The molecule has 8 nitrogen and oxygen atoms in total. The maximum Gasteiger partial charge on any atom is 0.215 e. The second-order valence-corrected chi connectivity index (χ2v) is 9.08. The van der Waals surface area contributed by atoms with Crippen LogP contribution in [0, 0.1) is 13.8 Å². The highest BCUT2D eigenvalue weighted by Crippen LogP contribution is 2.17. The summed E-state index contributed by atoms with van der Waals surface area (Å²) in [6.07, 6.45) is 0. The number of aliphatic imine (C=N–C) groups is 1. The van der Waals surface area contributed by atoms with Gasteiger partial charge in [-0.25, -0.2) is 22.4 Å². The second kappa shape index (κ2) is 13.0. The van der Waals surface area contributed by atoms with Gasteiger partial charge in [0.2, 0.25) is 10.0 Å². The van der Waals surface area contributed by atoms with Crippen molar-refractivity contribution >= 4 is 40.0 Å². The summed E-state index contributed by atoms with van der Waals surface area (Å²) < 4.78 is 28.1. The largest absolute Gasteiger partial charge is 0.357 e. The van der Waals surface area contributed by atoms with E-state index < -0.39 is 10.0 Å². The van der Waals surface area contributed by atoms with E-state index in [-0.39, 0.29) is 29.7 Å². The molecule has 0 aliphatic rings. The molecule has 0 aliphatic heterocycles. The van der Waals surface area contributed by atoms with E-state index in [9.17, 15) is 8.42 Å². The van der Waals surface area contributed by atoms with Crippen LogP contribution in [0.3, 0.4) is 0 Å². The van der Waals surface area contributed by atoms with Gasteiger partial charge in [0.05, 0.1) is 23.7 Å². The number of nitrogens with one attached hydrogen (secondary N) is 2. The Morgan fingerprint density at radius 1 is 1.13 bits per heavy atom.